The van der Waals surface area contributed by atoms with Gasteiger partial charge in [0.05, 0.1) is 24.4 Å². The molecule has 0 bridgehead atoms. The van der Waals surface area contributed by atoms with Crippen LogP contribution in [0.4, 0.5) is 0 Å². The molecule has 1 fully saturated rings. The van der Waals surface area contributed by atoms with Crippen LogP contribution in [-0.4, -0.2) is 39.1 Å². The number of rotatable bonds is 5. The lowest BCUT2D eigenvalue weighted by atomic mass is 9.80. The molecule has 3 aromatic rings. The van der Waals surface area contributed by atoms with Crippen molar-refractivity contribution in [3.63, 3.8) is 0 Å². The summed E-state index contributed by atoms with van der Waals surface area (Å²) < 4.78 is 5.45. The van der Waals surface area contributed by atoms with Crippen molar-refractivity contribution >= 4 is 29.0 Å². The summed E-state index contributed by atoms with van der Waals surface area (Å²) in [7, 11) is 1.65. The number of hydrogen-bond donors (Lipinski definition) is 3. The van der Waals surface area contributed by atoms with Gasteiger partial charge in [-0.3, -0.25) is 15.4 Å². The van der Waals surface area contributed by atoms with Gasteiger partial charge in [0.1, 0.15) is 5.75 Å². The predicted molar refractivity (Wildman–Crippen MR) is 122 cm³/mol. The van der Waals surface area contributed by atoms with Gasteiger partial charge in [0.25, 0.3) is 0 Å². The lowest BCUT2D eigenvalue weighted by Crippen LogP contribution is -2.52. The number of ether oxygens (including phenoxy) is 1. The first-order valence-electron chi connectivity index (χ1n) is 10.4. The first kappa shape index (κ1) is 20.7. The van der Waals surface area contributed by atoms with Crippen LogP contribution in [0.5, 0.6) is 5.75 Å². The lowest BCUT2D eigenvalue weighted by molar-refractivity contribution is 0.212. The van der Waals surface area contributed by atoms with Crippen molar-refractivity contribution in [2.75, 3.05) is 7.11 Å². The second kappa shape index (κ2) is 9.09. The van der Waals surface area contributed by atoms with Crippen LogP contribution in [0, 0.1) is 5.41 Å². The van der Waals surface area contributed by atoms with Crippen LogP contribution < -0.4 is 16.3 Å². The van der Waals surface area contributed by atoms with Crippen molar-refractivity contribution in [3.05, 3.63) is 59.8 Å². The van der Waals surface area contributed by atoms with Gasteiger partial charge in [0.2, 0.25) is 5.96 Å². The molecule has 0 unspecified atom stereocenters. The summed E-state index contributed by atoms with van der Waals surface area (Å²) >= 11 is 0. The number of aromatic nitrogens is 3. The number of nitrogens with two attached hydrogens (primary N) is 2. The molecule has 8 heteroatoms. The second-order valence-corrected chi connectivity index (χ2v) is 7.72. The first-order chi connectivity index (χ1) is 15.1. The Labute approximate surface area is 181 Å². The van der Waals surface area contributed by atoms with E-state index in [2.05, 4.69) is 4.98 Å². The van der Waals surface area contributed by atoms with Gasteiger partial charge in [-0.1, -0.05) is 18.9 Å². The molecule has 1 saturated carbocycles. The number of guanidine groups is 1. The minimum atomic E-state index is -0.135. The Morgan fingerprint density at radius 1 is 1.19 bits per heavy atom. The summed E-state index contributed by atoms with van der Waals surface area (Å²) in [5.41, 5.74) is 8.45. The molecule has 0 amide bonds. The maximum Gasteiger partial charge on any atom is 0.203 e. The van der Waals surface area contributed by atoms with Crippen molar-refractivity contribution in [3.8, 4) is 5.75 Å². The van der Waals surface area contributed by atoms with Crippen LogP contribution in [0.2, 0.25) is 0 Å². The van der Waals surface area contributed by atoms with E-state index in [1.807, 2.05) is 42.5 Å². The first-order valence-corrected chi connectivity index (χ1v) is 10.4. The van der Waals surface area contributed by atoms with Gasteiger partial charge in [-0.2, -0.15) is 0 Å². The van der Waals surface area contributed by atoms with E-state index in [1.54, 1.807) is 19.5 Å². The SMILES string of the molecule is COc1ccc2nc(/C=C\c3cccnc3)nc([C@@H]3CCCC[C@@H]3N(N)C(=N)N)c2c1. The molecule has 31 heavy (non-hydrogen) atoms. The topological polar surface area (TPSA) is 127 Å². The highest BCUT2D eigenvalue weighted by atomic mass is 16.5. The van der Waals surface area contributed by atoms with E-state index in [0.717, 1.165) is 53.6 Å². The Hall–Kier alpha value is -3.52. The van der Waals surface area contributed by atoms with Gasteiger partial charge in [0.15, 0.2) is 5.82 Å². The number of nitrogens with one attached hydrogen (secondary N) is 1. The number of benzene rings is 1. The van der Waals surface area contributed by atoms with Gasteiger partial charge in [-0.15, -0.1) is 0 Å². The van der Waals surface area contributed by atoms with Crippen LogP contribution >= 0.6 is 0 Å². The Morgan fingerprint density at radius 3 is 2.77 bits per heavy atom. The molecule has 4 rings (SSSR count). The summed E-state index contributed by atoms with van der Waals surface area (Å²) in [5.74, 6) is 7.45. The molecule has 5 N–H and O–H groups in total. The lowest BCUT2D eigenvalue weighted by Gasteiger charge is -2.37. The summed E-state index contributed by atoms with van der Waals surface area (Å²) in [6.45, 7) is 0. The van der Waals surface area contributed by atoms with E-state index in [0.29, 0.717) is 5.82 Å². The largest absolute Gasteiger partial charge is 0.497 e. The Morgan fingerprint density at radius 2 is 2.03 bits per heavy atom. The van der Waals surface area contributed by atoms with E-state index < -0.39 is 0 Å². The number of nitrogens with zero attached hydrogens (tertiary/aromatic N) is 4. The molecule has 0 spiro atoms. The van der Waals surface area contributed by atoms with Gasteiger partial charge in [-0.05, 0) is 54.8 Å². The molecule has 0 saturated heterocycles. The third-order valence-electron chi connectivity index (χ3n) is 5.78. The van der Waals surface area contributed by atoms with Crippen molar-refractivity contribution in [1.29, 1.82) is 5.41 Å². The number of hydrazine groups is 1. The standard InChI is InChI=1S/C23H27N7O/c1-31-16-9-10-19-18(13-16)22(17-6-2-3-7-20(17)30(26)23(24)25)29-21(28-19)11-8-15-5-4-12-27-14-15/h4-5,8-14,17,20H,2-3,6-7,26H2,1H3,(H3,24,25)/b11-8-/t17-,20+/m1/s1. The summed E-state index contributed by atoms with van der Waals surface area (Å²) in [6.07, 6.45) is 11.3. The third-order valence-corrected chi connectivity index (χ3v) is 5.78. The summed E-state index contributed by atoms with van der Waals surface area (Å²) in [5, 5.41) is 10.1. The van der Waals surface area contributed by atoms with Crippen LogP contribution in [0.3, 0.4) is 0 Å². The van der Waals surface area contributed by atoms with Crippen molar-refractivity contribution in [2.45, 2.75) is 37.6 Å². The highest BCUT2D eigenvalue weighted by Gasteiger charge is 2.33. The fourth-order valence-electron chi connectivity index (χ4n) is 4.22. The van der Waals surface area contributed by atoms with Gasteiger partial charge >= 0.3 is 0 Å². The quantitative estimate of drug-likeness (QED) is 0.251. The summed E-state index contributed by atoms with van der Waals surface area (Å²) in [4.78, 5) is 13.8. The highest BCUT2D eigenvalue weighted by Crippen LogP contribution is 2.38. The smallest absolute Gasteiger partial charge is 0.203 e. The van der Waals surface area contributed by atoms with E-state index >= 15 is 0 Å². The highest BCUT2D eigenvalue weighted by molar-refractivity contribution is 5.84. The second-order valence-electron chi connectivity index (χ2n) is 7.72. The molecule has 1 aliphatic rings. The summed E-state index contributed by atoms with van der Waals surface area (Å²) in [6, 6.07) is 9.60. The maximum absolute atomic E-state index is 7.83. The van der Waals surface area contributed by atoms with Crippen LogP contribution in [0.15, 0.2) is 42.7 Å². The van der Waals surface area contributed by atoms with Gasteiger partial charge < -0.3 is 10.5 Å². The third kappa shape index (κ3) is 4.49. The van der Waals surface area contributed by atoms with E-state index in [4.69, 9.17) is 31.7 Å². The van der Waals surface area contributed by atoms with Crippen LogP contribution in [0.1, 0.15) is 48.7 Å². The fraction of sp³-hybridized carbons (Fsp3) is 0.304. The molecular formula is C23H27N7O. The Kier molecular flexibility index (Phi) is 6.08. The molecule has 2 atom stereocenters. The van der Waals surface area contributed by atoms with Crippen LogP contribution in [0.25, 0.3) is 23.1 Å². The average molecular weight is 418 g/mol. The number of hydrogen-bond acceptors (Lipinski definition) is 6. The zero-order valence-corrected chi connectivity index (χ0v) is 17.5. The Bertz CT molecular complexity index is 1100. The molecule has 8 nitrogen and oxygen atoms in total. The number of pyridine rings is 1. The monoisotopic (exact) mass is 417 g/mol. The number of methoxy groups -OCH3 is 1. The normalized spacial score (nSPS) is 18.9. The van der Waals surface area contributed by atoms with Crippen molar-refractivity contribution in [1.82, 2.24) is 20.0 Å². The molecule has 0 aliphatic heterocycles. The minimum Gasteiger partial charge on any atom is -0.497 e. The van der Waals surface area contributed by atoms with E-state index in [1.165, 1.54) is 5.01 Å². The van der Waals surface area contributed by atoms with E-state index in [-0.39, 0.29) is 17.9 Å². The molecule has 2 aromatic heterocycles. The zero-order chi connectivity index (χ0) is 21.8. The minimum absolute atomic E-state index is 0.0331. The van der Waals surface area contributed by atoms with Crippen molar-refractivity contribution in [2.24, 2.45) is 11.6 Å². The molecule has 1 aromatic carbocycles. The van der Waals surface area contributed by atoms with Gasteiger partial charge in [-0.25, -0.2) is 15.8 Å². The molecule has 0 radical (unpaired) electrons. The van der Waals surface area contributed by atoms with E-state index in [9.17, 15) is 0 Å². The van der Waals surface area contributed by atoms with Crippen LogP contribution in [-0.2, 0) is 0 Å². The molecule has 160 valence electrons. The Balaban J connectivity index is 1.82. The predicted octanol–water partition coefficient (Wildman–Crippen LogP) is 3.30. The number of fused-ring (bicyclic) bond motifs is 1. The average Bonchev–Trinajstić information content (AvgIpc) is 2.82. The van der Waals surface area contributed by atoms with Gasteiger partial charge in [0, 0.05) is 23.7 Å². The molecule has 1 aliphatic carbocycles. The maximum atomic E-state index is 7.83. The fourth-order valence-corrected chi connectivity index (χ4v) is 4.22. The molecular weight excluding hydrogens is 390 g/mol. The molecule has 2 heterocycles. The zero-order valence-electron chi connectivity index (χ0n) is 17.5. The van der Waals surface area contributed by atoms with Crippen molar-refractivity contribution < 1.29 is 4.74 Å².